The average Bonchev–Trinajstić information content (AvgIpc) is 3.23. The second-order valence-electron chi connectivity index (χ2n) is 7.55. The van der Waals surface area contributed by atoms with Gasteiger partial charge in [0, 0.05) is 11.1 Å². The van der Waals surface area contributed by atoms with Crippen molar-refractivity contribution < 1.29 is 19.2 Å². The number of benzene rings is 3. The molecule has 3 aromatic carbocycles. The maximum atomic E-state index is 13.0. The van der Waals surface area contributed by atoms with Gasteiger partial charge in [-0.1, -0.05) is 54.1 Å². The number of halogens is 1. The molecule has 0 radical (unpaired) electrons. The van der Waals surface area contributed by atoms with Crippen molar-refractivity contribution in [2.24, 2.45) is 0 Å². The maximum absolute atomic E-state index is 13.0. The van der Waals surface area contributed by atoms with Gasteiger partial charge in [0.25, 0.3) is 5.91 Å². The fraction of sp³-hybridized carbons (Fsp3) is 0.261. The van der Waals surface area contributed by atoms with Crippen molar-refractivity contribution in [1.29, 1.82) is 0 Å². The third kappa shape index (κ3) is 3.52. The number of carbonyl (C=O) groups is 1. The van der Waals surface area contributed by atoms with Gasteiger partial charge in [-0.15, -0.1) is 0 Å². The summed E-state index contributed by atoms with van der Waals surface area (Å²) < 4.78 is 10.7. The molecule has 1 fully saturated rings. The average molecular weight is 410 g/mol. The highest BCUT2D eigenvalue weighted by atomic mass is 35.5. The number of piperazine rings is 1. The maximum Gasteiger partial charge on any atom is 0.254 e. The number of hydrogen-bond acceptors (Lipinski definition) is 3. The first-order valence-corrected chi connectivity index (χ1v) is 10.3. The van der Waals surface area contributed by atoms with E-state index < -0.39 is 0 Å². The van der Waals surface area contributed by atoms with Gasteiger partial charge in [0.1, 0.15) is 6.54 Å². The molecule has 6 heteroatoms. The molecule has 0 spiro atoms. The van der Waals surface area contributed by atoms with E-state index >= 15 is 0 Å². The van der Waals surface area contributed by atoms with E-state index in [4.69, 9.17) is 21.1 Å². The van der Waals surface area contributed by atoms with E-state index in [1.54, 1.807) is 12.1 Å². The second-order valence-corrected chi connectivity index (χ2v) is 7.96. The predicted octanol–water partition coefficient (Wildman–Crippen LogP) is 2.76. The van der Waals surface area contributed by atoms with Gasteiger partial charge in [0.15, 0.2) is 11.5 Å². The predicted molar refractivity (Wildman–Crippen MR) is 112 cm³/mol. The number of amides is 1. The quantitative estimate of drug-likeness (QED) is 0.723. The lowest BCUT2D eigenvalue weighted by molar-refractivity contribution is -0.917. The highest BCUT2D eigenvalue weighted by Gasteiger charge is 2.27. The summed E-state index contributed by atoms with van der Waals surface area (Å²) in [7, 11) is 0. The first-order valence-electron chi connectivity index (χ1n) is 9.88. The molecular weight excluding hydrogens is 388 g/mol. The summed E-state index contributed by atoms with van der Waals surface area (Å²) >= 11 is 6.24. The Morgan fingerprint density at radius 3 is 2.69 bits per heavy atom. The van der Waals surface area contributed by atoms with Gasteiger partial charge in [-0.2, -0.15) is 0 Å². The molecule has 1 saturated heterocycles. The zero-order valence-electron chi connectivity index (χ0n) is 16.0. The van der Waals surface area contributed by atoms with Crippen molar-refractivity contribution in [3.05, 3.63) is 70.7 Å². The van der Waals surface area contributed by atoms with Crippen LogP contribution in [0.3, 0.4) is 0 Å². The van der Waals surface area contributed by atoms with Gasteiger partial charge in [-0.25, -0.2) is 0 Å². The van der Waals surface area contributed by atoms with E-state index in [1.807, 2.05) is 4.90 Å². The van der Waals surface area contributed by atoms with Crippen LogP contribution < -0.4 is 14.4 Å². The van der Waals surface area contributed by atoms with Crippen LogP contribution >= 0.6 is 11.6 Å². The van der Waals surface area contributed by atoms with Crippen LogP contribution in [-0.4, -0.2) is 43.8 Å². The van der Waals surface area contributed by atoms with Gasteiger partial charge in [0.05, 0.1) is 31.2 Å². The summed E-state index contributed by atoms with van der Waals surface area (Å²) in [6, 6.07) is 18.4. The SMILES string of the molecule is O=C(c1cc(Cl)c2c(c1)OCO2)N1CC[NH+](Cc2cccc3ccccc23)CC1. The van der Waals surface area contributed by atoms with Gasteiger partial charge >= 0.3 is 0 Å². The van der Waals surface area contributed by atoms with Crippen LogP contribution in [0.5, 0.6) is 11.5 Å². The molecule has 3 aromatic rings. The Morgan fingerprint density at radius 2 is 1.83 bits per heavy atom. The van der Waals surface area contributed by atoms with Gasteiger partial charge in [0.2, 0.25) is 6.79 Å². The standard InChI is InChI=1S/C23H21ClN2O3/c24-20-12-18(13-21-22(20)29-15-28-21)23(27)26-10-8-25(9-11-26)14-17-6-3-5-16-4-1-2-7-19(16)17/h1-7,12-13H,8-11,14-15H2/p+1. The molecule has 5 nitrogen and oxygen atoms in total. The van der Waals surface area contributed by atoms with E-state index in [0.29, 0.717) is 22.1 Å². The molecule has 0 aliphatic carbocycles. The second kappa shape index (κ2) is 7.58. The van der Waals surface area contributed by atoms with Crippen LogP contribution in [0.2, 0.25) is 5.02 Å². The largest absolute Gasteiger partial charge is 0.454 e. The zero-order chi connectivity index (χ0) is 19.8. The summed E-state index contributed by atoms with van der Waals surface area (Å²) in [5.41, 5.74) is 1.91. The van der Waals surface area contributed by atoms with Crippen LogP contribution in [0, 0.1) is 0 Å². The zero-order valence-corrected chi connectivity index (χ0v) is 16.7. The summed E-state index contributed by atoms with van der Waals surface area (Å²) in [6.07, 6.45) is 0. The van der Waals surface area contributed by atoms with Crippen molar-refractivity contribution in [1.82, 2.24) is 4.90 Å². The summed E-state index contributed by atoms with van der Waals surface area (Å²) in [6.45, 7) is 4.42. The van der Waals surface area contributed by atoms with E-state index in [9.17, 15) is 4.79 Å². The molecule has 2 aliphatic heterocycles. The third-order valence-electron chi connectivity index (χ3n) is 5.75. The lowest BCUT2D eigenvalue weighted by Crippen LogP contribution is -3.13. The number of nitrogens with zero attached hydrogens (tertiary/aromatic N) is 1. The Kier molecular flexibility index (Phi) is 4.78. The van der Waals surface area contributed by atoms with Crippen molar-refractivity contribution >= 4 is 28.3 Å². The van der Waals surface area contributed by atoms with Crippen molar-refractivity contribution in [2.75, 3.05) is 33.0 Å². The fourth-order valence-electron chi connectivity index (χ4n) is 4.19. The lowest BCUT2D eigenvalue weighted by atomic mass is 10.0. The van der Waals surface area contributed by atoms with Gasteiger partial charge < -0.3 is 19.3 Å². The molecule has 1 N–H and O–H groups in total. The number of rotatable bonds is 3. The summed E-state index contributed by atoms with van der Waals surface area (Å²) in [5, 5.41) is 3.01. The highest BCUT2D eigenvalue weighted by Crippen LogP contribution is 2.40. The molecule has 5 rings (SSSR count). The highest BCUT2D eigenvalue weighted by molar-refractivity contribution is 6.32. The lowest BCUT2D eigenvalue weighted by Gasteiger charge is -2.32. The molecule has 29 heavy (non-hydrogen) atoms. The third-order valence-corrected chi connectivity index (χ3v) is 6.03. The van der Waals surface area contributed by atoms with Crippen LogP contribution in [0.1, 0.15) is 15.9 Å². The van der Waals surface area contributed by atoms with Crippen molar-refractivity contribution in [3.8, 4) is 11.5 Å². The van der Waals surface area contributed by atoms with E-state index in [2.05, 4.69) is 42.5 Å². The Labute approximate surface area is 174 Å². The van der Waals surface area contributed by atoms with Crippen LogP contribution in [0.15, 0.2) is 54.6 Å². The van der Waals surface area contributed by atoms with Crippen LogP contribution in [-0.2, 0) is 6.54 Å². The summed E-state index contributed by atoms with van der Waals surface area (Å²) in [4.78, 5) is 16.4. The smallest absolute Gasteiger partial charge is 0.254 e. The minimum atomic E-state index is -0.00518. The molecule has 2 aliphatic rings. The molecule has 0 unspecified atom stereocenters. The molecule has 0 saturated carbocycles. The number of hydrogen-bond donors (Lipinski definition) is 1. The monoisotopic (exact) mass is 409 g/mol. The Bertz CT molecular complexity index is 1070. The molecule has 1 amide bonds. The van der Waals surface area contributed by atoms with Gasteiger partial charge in [-0.3, -0.25) is 4.79 Å². The number of nitrogens with one attached hydrogen (secondary N) is 1. The Morgan fingerprint density at radius 1 is 1.03 bits per heavy atom. The Balaban J connectivity index is 1.26. The molecule has 0 bridgehead atoms. The molecule has 148 valence electrons. The first kappa shape index (κ1) is 18.3. The molecule has 2 heterocycles. The van der Waals surface area contributed by atoms with Crippen molar-refractivity contribution in [3.63, 3.8) is 0 Å². The van der Waals surface area contributed by atoms with E-state index in [-0.39, 0.29) is 12.7 Å². The molecular formula is C23H22ClN2O3+. The minimum Gasteiger partial charge on any atom is -0.454 e. The van der Waals surface area contributed by atoms with E-state index in [0.717, 1.165) is 32.7 Å². The normalized spacial score (nSPS) is 16.4. The van der Waals surface area contributed by atoms with Crippen LogP contribution in [0.25, 0.3) is 10.8 Å². The Hall–Kier alpha value is -2.76. The number of carbonyl (C=O) groups excluding carboxylic acids is 1. The van der Waals surface area contributed by atoms with E-state index in [1.165, 1.54) is 21.2 Å². The summed E-state index contributed by atoms with van der Waals surface area (Å²) in [5.74, 6) is 1.06. The van der Waals surface area contributed by atoms with Crippen molar-refractivity contribution in [2.45, 2.75) is 6.54 Å². The number of fused-ring (bicyclic) bond motifs is 2. The first-order chi connectivity index (χ1) is 14.2. The molecule has 0 atom stereocenters. The van der Waals surface area contributed by atoms with Crippen LogP contribution in [0.4, 0.5) is 0 Å². The fourth-order valence-corrected chi connectivity index (χ4v) is 4.46. The molecule has 0 aromatic heterocycles. The minimum absolute atomic E-state index is 0.00518. The number of ether oxygens (including phenoxy) is 2. The topological polar surface area (TPSA) is 43.2 Å². The van der Waals surface area contributed by atoms with Gasteiger partial charge in [-0.05, 0) is 22.9 Å². The number of quaternary nitrogens is 1.